The largest absolute Gasteiger partial charge is 0.338 e. The summed E-state index contributed by atoms with van der Waals surface area (Å²) in [4.78, 5) is 7.03. The minimum atomic E-state index is 0.253. The first-order valence-corrected chi connectivity index (χ1v) is 7.67. The van der Waals surface area contributed by atoms with Crippen LogP contribution < -0.4 is 10.6 Å². The normalized spacial score (nSPS) is 26.8. The summed E-state index contributed by atoms with van der Waals surface area (Å²) in [7, 11) is 0. The highest BCUT2D eigenvalue weighted by atomic mass is 15.4. The van der Waals surface area contributed by atoms with Crippen LogP contribution in [0.25, 0.3) is 0 Å². The van der Waals surface area contributed by atoms with E-state index in [2.05, 4.69) is 22.0 Å². The molecule has 1 aliphatic heterocycles. The van der Waals surface area contributed by atoms with E-state index in [1.165, 1.54) is 25.7 Å². The van der Waals surface area contributed by atoms with Gasteiger partial charge < -0.3 is 10.6 Å². The van der Waals surface area contributed by atoms with Crippen LogP contribution in [0.3, 0.4) is 0 Å². The van der Waals surface area contributed by atoms with Crippen molar-refractivity contribution in [2.75, 3.05) is 18.0 Å². The molecular formula is C14H25N5. The van der Waals surface area contributed by atoms with Crippen molar-refractivity contribution in [2.45, 2.75) is 63.3 Å². The van der Waals surface area contributed by atoms with Crippen molar-refractivity contribution in [3.8, 4) is 0 Å². The fourth-order valence-electron chi connectivity index (χ4n) is 3.63. The van der Waals surface area contributed by atoms with Crippen LogP contribution in [-0.2, 0) is 5.41 Å². The lowest BCUT2D eigenvalue weighted by Crippen LogP contribution is -2.43. The maximum Gasteiger partial charge on any atom is 0.244 e. The number of rotatable bonds is 3. The smallest absolute Gasteiger partial charge is 0.244 e. The van der Waals surface area contributed by atoms with Crippen LogP contribution in [0.15, 0.2) is 0 Å². The Morgan fingerprint density at radius 1 is 1.37 bits per heavy atom. The molecule has 0 bridgehead atoms. The minimum Gasteiger partial charge on any atom is -0.338 e. The highest BCUT2D eigenvalue weighted by Crippen LogP contribution is 2.42. The molecule has 0 amide bonds. The third kappa shape index (κ3) is 2.36. The average molecular weight is 263 g/mol. The van der Waals surface area contributed by atoms with Crippen LogP contribution >= 0.6 is 0 Å². The number of H-pyrrole nitrogens is 1. The summed E-state index contributed by atoms with van der Waals surface area (Å²) in [6.07, 6.45) is 8.55. The minimum absolute atomic E-state index is 0.253. The van der Waals surface area contributed by atoms with Crippen molar-refractivity contribution in [1.82, 2.24) is 15.2 Å². The molecule has 0 aromatic carbocycles. The molecular weight excluding hydrogens is 238 g/mol. The zero-order valence-corrected chi connectivity index (χ0v) is 11.9. The van der Waals surface area contributed by atoms with Crippen molar-refractivity contribution < 1.29 is 0 Å². The SMILES string of the molecule is CCC1(c2nc(N3CCCC(N)C3)n[nH]2)CCCC1. The molecule has 2 aliphatic rings. The van der Waals surface area contributed by atoms with Gasteiger partial charge in [-0.15, -0.1) is 5.10 Å². The van der Waals surface area contributed by atoms with E-state index in [1.54, 1.807) is 0 Å². The van der Waals surface area contributed by atoms with E-state index in [0.717, 1.165) is 44.1 Å². The standard InChI is InChI=1S/C14H25N5/c1-2-14(7-3-4-8-14)12-16-13(18-17-12)19-9-5-6-11(15)10-19/h11H,2-10,15H2,1H3,(H,16,17,18). The van der Waals surface area contributed by atoms with Gasteiger partial charge in [0, 0.05) is 24.5 Å². The molecule has 1 atom stereocenters. The summed E-state index contributed by atoms with van der Waals surface area (Å²) in [6.45, 7) is 4.19. The monoisotopic (exact) mass is 263 g/mol. The molecule has 1 saturated heterocycles. The highest BCUT2D eigenvalue weighted by molar-refractivity contribution is 5.31. The molecule has 0 spiro atoms. The third-order valence-corrected chi connectivity index (χ3v) is 4.95. The molecule has 106 valence electrons. The van der Waals surface area contributed by atoms with Crippen LogP contribution in [0, 0.1) is 0 Å². The van der Waals surface area contributed by atoms with Crippen molar-refractivity contribution in [3.05, 3.63) is 5.82 Å². The molecule has 3 rings (SSSR count). The van der Waals surface area contributed by atoms with E-state index in [4.69, 9.17) is 10.7 Å². The lowest BCUT2D eigenvalue weighted by molar-refractivity contribution is 0.400. The maximum absolute atomic E-state index is 6.04. The van der Waals surface area contributed by atoms with Gasteiger partial charge in [-0.25, -0.2) is 0 Å². The fourth-order valence-corrected chi connectivity index (χ4v) is 3.63. The molecule has 3 N–H and O–H groups in total. The lowest BCUT2D eigenvalue weighted by atomic mass is 9.83. The molecule has 0 radical (unpaired) electrons. The number of aromatic nitrogens is 3. The Balaban J connectivity index is 1.79. The second kappa shape index (κ2) is 5.12. The fraction of sp³-hybridized carbons (Fsp3) is 0.857. The van der Waals surface area contributed by atoms with Crippen LogP contribution in [0.2, 0.25) is 0 Å². The Morgan fingerprint density at radius 3 is 2.84 bits per heavy atom. The van der Waals surface area contributed by atoms with Crippen molar-refractivity contribution >= 4 is 5.95 Å². The van der Waals surface area contributed by atoms with E-state index in [0.29, 0.717) is 0 Å². The molecule has 5 heteroatoms. The molecule has 19 heavy (non-hydrogen) atoms. The molecule has 1 aliphatic carbocycles. The van der Waals surface area contributed by atoms with Gasteiger partial charge in [0.15, 0.2) is 0 Å². The maximum atomic E-state index is 6.04. The molecule has 2 fully saturated rings. The van der Waals surface area contributed by atoms with Crippen LogP contribution in [0.1, 0.15) is 57.7 Å². The van der Waals surface area contributed by atoms with Gasteiger partial charge in [-0.3, -0.25) is 5.10 Å². The number of nitrogens with zero attached hydrogens (tertiary/aromatic N) is 3. The van der Waals surface area contributed by atoms with Gasteiger partial charge in [0.1, 0.15) is 5.82 Å². The third-order valence-electron chi connectivity index (χ3n) is 4.95. The molecule has 2 heterocycles. The lowest BCUT2D eigenvalue weighted by Gasteiger charge is -2.29. The second-order valence-electron chi connectivity index (χ2n) is 6.17. The van der Waals surface area contributed by atoms with Gasteiger partial charge in [0.2, 0.25) is 5.95 Å². The van der Waals surface area contributed by atoms with Gasteiger partial charge in [0.25, 0.3) is 0 Å². The molecule has 1 saturated carbocycles. The Morgan fingerprint density at radius 2 is 2.16 bits per heavy atom. The van der Waals surface area contributed by atoms with Crippen LogP contribution in [0.4, 0.5) is 5.95 Å². The quantitative estimate of drug-likeness (QED) is 0.874. The van der Waals surface area contributed by atoms with E-state index in [1.807, 2.05) is 0 Å². The zero-order chi connectivity index (χ0) is 13.3. The van der Waals surface area contributed by atoms with E-state index in [-0.39, 0.29) is 11.5 Å². The topological polar surface area (TPSA) is 70.8 Å². The summed E-state index contributed by atoms with van der Waals surface area (Å²) in [5, 5.41) is 7.65. The summed E-state index contributed by atoms with van der Waals surface area (Å²) < 4.78 is 0. The van der Waals surface area contributed by atoms with Crippen molar-refractivity contribution in [1.29, 1.82) is 0 Å². The first-order valence-electron chi connectivity index (χ1n) is 7.67. The number of hydrogen-bond donors (Lipinski definition) is 2. The summed E-state index contributed by atoms with van der Waals surface area (Å²) in [6, 6.07) is 0.266. The van der Waals surface area contributed by atoms with Gasteiger partial charge in [-0.2, -0.15) is 4.98 Å². The first kappa shape index (κ1) is 12.9. The van der Waals surface area contributed by atoms with Gasteiger partial charge in [0.05, 0.1) is 0 Å². The van der Waals surface area contributed by atoms with Crippen LogP contribution in [0.5, 0.6) is 0 Å². The summed E-state index contributed by atoms with van der Waals surface area (Å²) in [5.41, 5.74) is 6.29. The highest BCUT2D eigenvalue weighted by Gasteiger charge is 2.37. The van der Waals surface area contributed by atoms with E-state index < -0.39 is 0 Å². The number of aromatic amines is 1. The zero-order valence-electron chi connectivity index (χ0n) is 11.9. The molecule has 1 aromatic rings. The number of piperidine rings is 1. The van der Waals surface area contributed by atoms with E-state index in [9.17, 15) is 0 Å². The van der Waals surface area contributed by atoms with Gasteiger partial charge in [-0.05, 0) is 32.1 Å². The number of nitrogens with two attached hydrogens (primary N) is 1. The second-order valence-corrected chi connectivity index (χ2v) is 6.17. The predicted molar refractivity (Wildman–Crippen MR) is 76.2 cm³/mol. The van der Waals surface area contributed by atoms with E-state index >= 15 is 0 Å². The summed E-state index contributed by atoms with van der Waals surface area (Å²) >= 11 is 0. The Bertz CT molecular complexity index is 421. The summed E-state index contributed by atoms with van der Waals surface area (Å²) in [5.74, 6) is 1.95. The number of nitrogens with one attached hydrogen (secondary N) is 1. The van der Waals surface area contributed by atoms with Crippen molar-refractivity contribution in [2.24, 2.45) is 5.73 Å². The molecule has 1 unspecified atom stereocenters. The predicted octanol–water partition coefficient (Wildman–Crippen LogP) is 1.95. The molecule has 5 nitrogen and oxygen atoms in total. The van der Waals surface area contributed by atoms with Gasteiger partial charge in [-0.1, -0.05) is 19.8 Å². The van der Waals surface area contributed by atoms with Gasteiger partial charge >= 0.3 is 0 Å². The molecule has 1 aromatic heterocycles. The average Bonchev–Trinajstić information content (AvgIpc) is 3.08. The Kier molecular flexibility index (Phi) is 3.48. The van der Waals surface area contributed by atoms with Crippen LogP contribution in [-0.4, -0.2) is 34.3 Å². The first-order chi connectivity index (χ1) is 9.23. The Labute approximate surface area is 115 Å². The van der Waals surface area contributed by atoms with Crippen molar-refractivity contribution in [3.63, 3.8) is 0 Å². The Hall–Kier alpha value is -1.10. The number of anilines is 1. The number of hydrogen-bond acceptors (Lipinski definition) is 4.